The lowest BCUT2D eigenvalue weighted by molar-refractivity contribution is 0.168. The van der Waals surface area contributed by atoms with E-state index in [1.54, 1.807) is 18.2 Å². The fraction of sp³-hybridized carbons (Fsp3) is 0.600. The smallest absolute Gasteiger partial charge is 0.169 e. The number of β-amino-alcohol motifs (C(OH)–C–C–N with tert-alkyl or cyclic N) is 1. The van der Waals surface area contributed by atoms with E-state index in [4.69, 9.17) is 4.74 Å². The lowest BCUT2D eigenvalue weighted by Gasteiger charge is -2.26. The molecule has 2 rings (SSSR count). The molecular weight excluding hydrogens is 259 g/mol. The molecule has 5 heteroatoms. The summed E-state index contributed by atoms with van der Waals surface area (Å²) in [4.78, 5) is 4.24. The number of aliphatic hydroxyl groups excluding tert-OH is 1. The molecule has 20 heavy (non-hydrogen) atoms. The highest BCUT2D eigenvalue weighted by molar-refractivity contribution is 5.31. The number of aliphatic hydroxyl groups is 1. The summed E-state index contributed by atoms with van der Waals surface area (Å²) in [6.07, 6.45) is 0.414. The molecule has 0 saturated carbocycles. The van der Waals surface area contributed by atoms with Gasteiger partial charge in [-0.25, -0.2) is 4.39 Å². The van der Waals surface area contributed by atoms with Crippen molar-refractivity contribution < 1.29 is 14.2 Å². The van der Waals surface area contributed by atoms with Crippen LogP contribution in [0, 0.1) is 5.82 Å². The van der Waals surface area contributed by atoms with Gasteiger partial charge < -0.3 is 14.7 Å². The number of rotatable bonds is 5. The van der Waals surface area contributed by atoms with Gasteiger partial charge >= 0.3 is 0 Å². The standard InChI is InChI=1S/C15H23FN2O2/c1-17(2)9-12-7-13(19)10-18(12)8-11-5-4-6-14(20-3)15(11)16/h4-6,12-13,19H,7-10H2,1-3H3. The zero-order chi connectivity index (χ0) is 14.7. The fourth-order valence-electron chi connectivity index (χ4n) is 2.82. The summed E-state index contributed by atoms with van der Waals surface area (Å²) in [5.41, 5.74) is 0.613. The third-order valence-corrected chi connectivity index (χ3v) is 3.72. The predicted molar refractivity (Wildman–Crippen MR) is 76.3 cm³/mol. The highest BCUT2D eigenvalue weighted by Gasteiger charge is 2.31. The van der Waals surface area contributed by atoms with Gasteiger partial charge in [-0.15, -0.1) is 0 Å². The van der Waals surface area contributed by atoms with Crippen LogP contribution >= 0.6 is 0 Å². The maximum atomic E-state index is 14.2. The zero-order valence-corrected chi connectivity index (χ0v) is 12.3. The van der Waals surface area contributed by atoms with Gasteiger partial charge in [0.25, 0.3) is 0 Å². The Morgan fingerprint density at radius 1 is 1.45 bits per heavy atom. The lowest BCUT2D eigenvalue weighted by Crippen LogP contribution is -2.37. The average Bonchev–Trinajstić information content (AvgIpc) is 2.71. The molecule has 4 nitrogen and oxygen atoms in total. The molecule has 1 aliphatic heterocycles. The Morgan fingerprint density at radius 2 is 2.20 bits per heavy atom. The monoisotopic (exact) mass is 282 g/mol. The first-order valence-corrected chi connectivity index (χ1v) is 6.89. The van der Waals surface area contributed by atoms with Crippen molar-refractivity contribution in [2.24, 2.45) is 0 Å². The molecule has 0 amide bonds. The van der Waals surface area contributed by atoms with Crippen LogP contribution in [-0.4, -0.2) is 61.3 Å². The number of benzene rings is 1. The van der Waals surface area contributed by atoms with E-state index in [1.165, 1.54) is 7.11 Å². The molecule has 1 aromatic rings. The molecule has 0 aliphatic carbocycles. The van der Waals surface area contributed by atoms with Crippen molar-refractivity contribution in [3.8, 4) is 5.75 Å². The predicted octanol–water partition coefficient (Wildman–Crippen LogP) is 1.33. The Kier molecular flexibility index (Phi) is 4.96. The Hall–Kier alpha value is -1.17. The van der Waals surface area contributed by atoms with Crippen molar-refractivity contribution in [2.75, 3.05) is 34.3 Å². The van der Waals surface area contributed by atoms with Gasteiger partial charge in [-0.05, 0) is 26.6 Å². The quantitative estimate of drug-likeness (QED) is 0.884. The molecule has 0 spiro atoms. The molecule has 1 N–H and O–H groups in total. The lowest BCUT2D eigenvalue weighted by atomic mass is 10.1. The van der Waals surface area contributed by atoms with Gasteiger partial charge in [0.15, 0.2) is 11.6 Å². The van der Waals surface area contributed by atoms with Gasteiger partial charge in [-0.2, -0.15) is 0 Å². The van der Waals surface area contributed by atoms with Gasteiger partial charge in [-0.1, -0.05) is 12.1 Å². The van der Waals surface area contributed by atoms with Crippen molar-refractivity contribution >= 4 is 0 Å². The Morgan fingerprint density at radius 3 is 2.85 bits per heavy atom. The fourth-order valence-corrected chi connectivity index (χ4v) is 2.82. The Bertz CT molecular complexity index is 453. The maximum Gasteiger partial charge on any atom is 0.169 e. The normalized spacial score (nSPS) is 23.5. The summed E-state index contributed by atoms with van der Waals surface area (Å²) in [5.74, 6) is -0.0357. The van der Waals surface area contributed by atoms with Crippen LogP contribution < -0.4 is 4.74 Å². The van der Waals surface area contributed by atoms with E-state index < -0.39 is 0 Å². The molecule has 0 bridgehead atoms. The topological polar surface area (TPSA) is 35.9 Å². The minimum Gasteiger partial charge on any atom is -0.494 e. The molecule has 2 unspecified atom stereocenters. The molecular formula is C15H23FN2O2. The Balaban J connectivity index is 2.11. The van der Waals surface area contributed by atoms with Crippen LogP contribution in [0.5, 0.6) is 5.75 Å². The molecule has 112 valence electrons. The number of hydrogen-bond donors (Lipinski definition) is 1. The van der Waals surface area contributed by atoms with Crippen molar-refractivity contribution in [3.63, 3.8) is 0 Å². The summed E-state index contributed by atoms with van der Waals surface area (Å²) < 4.78 is 19.2. The highest BCUT2D eigenvalue weighted by Crippen LogP contribution is 2.25. The number of methoxy groups -OCH3 is 1. The van der Waals surface area contributed by atoms with E-state index in [0.717, 1.165) is 13.0 Å². The second-order valence-corrected chi connectivity index (χ2v) is 5.67. The minimum atomic E-state index is -0.325. The SMILES string of the molecule is COc1cccc(CN2CC(O)CC2CN(C)C)c1F. The first-order valence-electron chi connectivity index (χ1n) is 6.89. The van der Waals surface area contributed by atoms with Gasteiger partial charge in [0.2, 0.25) is 0 Å². The number of likely N-dealkylation sites (N-methyl/N-ethyl adjacent to an activating group) is 1. The van der Waals surface area contributed by atoms with E-state index in [-0.39, 0.29) is 23.7 Å². The van der Waals surface area contributed by atoms with Crippen LogP contribution in [0.1, 0.15) is 12.0 Å². The zero-order valence-electron chi connectivity index (χ0n) is 12.3. The van der Waals surface area contributed by atoms with Gasteiger partial charge in [0.1, 0.15) is 0 Å². The first kappa shape index (κ1) is 15.2. The summed E-state index contributed by atoms with van der Waals surface area (Å²) in [6.45, 7) is 1.95. The van der Waals surface area contributed by atoms with Crippen LogP contribution in [-0.2, 0) is 6.54 Å². The molecule has 1 saturated heterocycles. The van der Waals surface area contributed by atoms with Crippen LogP contribution in [0.3, 0.4) is 0 Å². The summed E-state index contributed by atoms with van der Waals surface area (Å²) in [7, 11) is 5.49. The summed E-state index contributed by atoms with van der Waals surface area (Å²) in [5, 5.41) is 9.85. The van der Waals surface area contributed by atoms with Gasteiger partial charge in [0.05, 0.1) is 13.2 Å². The van der Waals surface area contributed by atoms with Gasteiger partial charge in [-0.3, -0.25) is 4.90 Å². The number of likely N-dealkylation sites (tertiary alicyclic amines) is 1. The van der Waals surface area contributed by atoms with Crippen molar-refractivity contribution in [1.82, 2.24) is 9.80 Å². The third kappa shape index (κ3) is 3.48. The highest BCUT2D eigenvalue weighted by atomic mass is 19.1. The average molecular weight is 282 g/mol. The summed E-state index contributed by atoms with van der Waals surface area (Å²) in [6, 6.07) is 5.44. The van der Waals surface area contributed by atoms with E-state index in [0.29, 0.717) is 18.7 Å². The van der Waals surface area contributed by atoms with E-state index >= 15 is 0 Å². The molecule has 0 aromatic heterocycles. The van der Waals surface area contributed by atoms with Crippen LogP contribution in [0.2, 0.25) is 0 Å². The number of halogens is 1. The van der Waals surface area contributed by atoms with Crippen molar-refractivity contribution in [1.29, 1.82) is 0 Å². The van der Waals surface area contributed by atoms with Crippen LogP contribution in [0.4, 0.5) is 4.39 Å². The third-order valence-electron chi connectivity index (χ3n) is 3.72. The van der Waals surface area contributed by atoms with Gasteiger partial charge in [0, 0.05) is 31.2 Å². The Labute approximate surface area is 119 Å². The molecule has 1 heterocycles. The number of nitrogens with zero attached hydrogens (tertiary/aromatic N) is 2. The molecule has 2 atom stereocenters. The van der Waals surface area contributed by atoms with Crippen molar-refractivity contribution in [2.45, 2.75) is 25.1 Å². The van der Waals surface area contributed by atoms with Crippen molar-refractivity contribution in [3.05, 3.63) is 29.6 Å². The maximum absolute atomic E-state index is 14.2. The molecule has 1 aliphatic rings. The number of ether oxygens (including phenoxy) is 1. The van der Waals surface area contributed by atoms with E-state index in [1.807, 2.05) is 14.1 Å². The molecule has 1 aromatic carbocycles. The van der Waals surface area contributed by atoms with Crippen LogP contribution in [0.25, 0.3) is 0 Å². The van der Waals surface area contributed by atoms with Crippen LogP contribution in [0.15, 0.2) is 18.2 Å². The second kappa shape index (κ2) is 6.52. The molecule has 0 radical (unpaired) electrons. The first-order chi connectivity index (χ1) is 9.51. The molecule has 1 fully saturated rings. The minimum absolute atomic E-state index is 0.255. The van der Waals surface area contributed by atoms with E-state index in [9.17, 15) is 9.50 Å². The number of hydrogen-bond acceptors (Lipinski definition) is 4. The largest absolute Gasteiger partial charge is 0.494 e. The van der Waals surface area contributed by atoms with E-state index in [2.05, 4.69) is 9.80 Å². The second-order valence-electron chi connectivity index (χ2n) is 5.67. The summed E-state index contributed by atoms with van der Waals surface area (Å²) >= 11 is 0.